The van der Waals surface area contributed by atoms with Crippen molar-refractivity contribution in [2.75, 3.05) is 14.2 Å². The number of methoxy groups -OCH3 is 2. The fourth-order valence-corrected chi connectivity index (χ4v) is 1.45. The normalized spacial score (nSPS) is 13.0. The average molecular weight is 239 g/mol. The van der Waals surface area contributed by atoms with Crippen LogP contribution in [0.4, 0.5) is 0 Å². The van der Waals surface area contributed by atoms with E-state index >= 15 is 0 Å². The van der Waals surface area contributed by atoms with Crippen LogP contribution in [0.3, 0.4) is 0 Å². The SMILES string of the molecule is COC(=O)C(O)C(C)(C)c1ccc(OC)nc1. The number of carbonyl (C=O) groups excluding carboxylic acids is 1. The molecule has 1 unspecified atom stereocenters. The van der Waals surface area contributed by atoms with Crippen LogP contribution in [-0.4, -0.2) is 36.4 Å². The van der Waals surface area contributed by atoms with Gasteiger partial charge in [-0.2, -0.15) is 0 Å². The molecule has 17 heavy (non-hydrogen) atoms. The minimum absolute atomic E-state index is 0.483. The zero-order valence-corrected chi connectivity index (χ0v) is 10.4. The molecule has 0 radical (unpaired) electrons. The van der Waals surface area contributed by atoms with Crippen molar-refractivity contribution < 1.29 is 19.4 Å². The first-order valence-electron chi connectivity index (χ1n) is 5.20. The molecule has 0 saturated carbocycles. The average Bonchev–Trinajstić information content (AvgIpc) is 2.36. The highest BCUT2D eigenvalue weighted by Gasteiger charge is 2.36. The van der Waals surface area contributed by atoms with Gasteiger partial charge in [0.1, 0.15) is 0 Å². The maximum absolute atomic E-state index is 11.3. The summed E-state index contributed by atoms with van der Waals surface area (Å²) in [4.78, 5) is 15.4. The summed E-state index contributed by atoms with van der Waals surface area (Å²) in [5, 5.41) is 9.89. The Bertz CT molecular complexity index is 386. The largest absolute Gasteiger partial charge is 0.481 e. The van der Waals surface area contributed by atoms with Crippen molar-refractivity contribution in [3.63, 3.8) is 0 Å². The van der Waals surface area contributed by atoms with E-state index in [4.69, 9.17) is 4.74 Å². The molecule has 0 bridgehead atoms. The van der Waals surface area contributed by atoms with Crippen LogP contribution in [0, 0.1) is 0 Å². The third-order valence-electron chi connectivity index (χ3n) is 2.80. The van der Waals surface area contributed by atoms with E-state index in [2.05, 4.69) is 9.72 Å². The van der Waals surface area contributed by atoms with Crippen molar-refractivity contribution in [2.24, 2.45) is 0 Å². The third-order valence-corrected chi connectivity index (χ3v) is 2.80. The molecule has 0 saturated heterocycles. The van der Waals surface area contributed by atoms with Gasteiger partial charge in [0.25, 0.3) is 0 Å². The van der Waals surface area contributed by atoms with Crippen LogP contribution in [-0.2, 0) is 14.9 Å². The fraction of sp³-hybridized carbons (Fsp3) is 0.500. The van der Waals surface area contributed by atoms with E-state index in [-0.39, 0.29) is 0 Å². The van der Waals surface area contributed by atoms with Crippen molar-refractivity contribution in [2.45, 2.75) is 25.4 Å². The highest BCUT2D eigenvalue weighted by atomic mass is 16.5. The number of rotatable bonds is 4. The second-order valence-electron chi connectivity index (χ2n) is 4.24. The zero-order chi connectivity index (χ0) is 13.1. The zero-order valence-electron chi connectivity index (χ0n) is 10.4. The molecule has 5 nitrogen and oxygen atoms in total. The van der Waals surface area contributed by atoms with Crippen molar-refractivity contribution >= 4 is 5.97 Å². The van der Waals surface area contributed by atoms with Gasteiger partial charge in [0, 0.05) is 17.7 Å². The molecule has 1 aromatic heterocycles. The van der Waals surface area contributed by atoms with E-state index < -0.39 is 17.5 Å². The maximum atomic E-state index is 11.3. The Kier molecular flexibility index (Phi) is 4.07. The summed E-state index contributed by atoms with van der Waals surface area (Å²) in [6.07, 6.45) is 0.341. The van der Waals surface area contributed by atoms with Crippen molar-refractivity contribution in [3.05, 3.63) is 23.9 Å². The van der Waals surface area contributed by atoms with Crippen LogP contribution in [0.15, 0.2) is 18.3 Å². The highest BCUT2D eigenvalue weighted by molar-refractivity contribution is 5.76. The summed E-state index contributed by atoms with van der Waals surface area (Å²) in [5.74, 6) is -0.178. The van der Waals surface area contributed by atoms with E-state index in [1.165, 1.54) is 14.2 Å². The van der Waals surface area contributed by atoms with E-state index in [0.29, 0.717) is 5.88 Å². The second kappa shape index (κ2) is 5.14. The summed E-state index contributed by atoms with van der Waals surface area (Å²) in [6.45, 7) is 3.50. The fourth-order valence-electron chi connectivity index (χ4n) is 1.45. The maximum Gasteiger partial charge on any atom is 0.335 e. The quantitative estimate of drug-likeness (QED) is 0.791. The lowest BCUT2D eigenvalue weighted by Crippen LogP contribution is -2.40. The first-order chi connectivity index (χ1) is 7.93. The Morgan fingerprint density at radius 1 is 1.41 bits per heavy atom. The topological polar surface area (TPSA) is 68.7 Å². The molecule has 1 rings (SSSR count). The Labute approximate surface area is 100 Å². The number of esters is 1. The standard InChI is InChI=1S/C12H17NO4/c1-12(2,10(14)11(15)17-4)8-5-6-9(16-3)13-7-8/h5-7,10,14H,1-4H3. The molecule has 0 aliphatic heterocycles. The number of ether oxygens (including phenoxy) is 2. The second-order valence-corrected chi connectivity index (χ2v) is 4.24. The minimum atomic E-state index is -1.23. The molecule has 0 aromatic carbocycles. The monoisotopic (exact) mass is 239 g/mol. The molecule has 1 atom stereocenters. The molecule has 0 spiro atoms. The number of aliphatic hydroxyl groups is 1. The van der Waals surface area contributed by atoms with E-state index in [1.54, 1.807) is 32.2 Å². The number of pyridine rings is 1. The van der Waals surface area contributed by atoms with Crippen LogP contribution in [0.5, 0.6) is 5.88 Å². The molecule has 1 heterocycles. The Hall–Kier alpha value is -1.62. The van der Waals surface area contributed by atoms with Gasteiger partial charge in [0.2, 0.25) is 5.88 Å². The molecule has 0 fully saturated rings. The van der Waals surface area contributed by atoms with E-state index in [9.17, 15) is 9.90 Å². The minimum Gasteiger partial charge on any atom is -0.481 e. The van der Waals surface area contributed by atoms with Crippen molar-refractivity contribution in [1.82, 2.24) is 4.98 Å². The van der Waals surface area contributed by atoms with E-state index in [0.717, 1.165) is 5.56 Å². The molecule has 0 amide bonds. The lowest BCUT2D eigenvalue weighted by atomic mass is 9.80. The van der Waals surface area contributed by atoms with Crippen molar-refractivity contribution in [1.29, 1.82) is 0 Å². The van der Waals surface area contributed by atoms with Gasteiger partial charge in [-0.05, 0) is 5.56 Å². The summed E-state index contributed by atoms with van der Waals surface area (Å²) in [5.41, 5.74) is -0.0389. The lowest BCUT2D eigenvalue weighted by molar-refractivity contribution is -0.153. The van der Waals surface area contributed by atoms with Gasteiger partial charge in [-0.15, -0.1) is 0 Å². The van der Waals surface area contributed by atoms with Crippen molar-refractivity contribution in [3.8, 4) is 5.88 Å². The van der Waals surface area contributed by atoms with Crippen LogP contribution >= 0.6 is 0 Å². The first-order valence-corrected chi connectivity index (χ1v) is 5.20. The van der Waals surface area contributed by atoms with Crippen LogP contribution in [0.2, 0.25) is 0 Å². The summed E-state index contributed by atoms with van der Waals surface area (Å²) >= 11 is 0. The molecule has 0 aliphatic rings. The molecule has 1 aromatic rings. The summed E-state index contributed by atoms with van der Waals surface area (Å²) in [7, 11) is 2.77. The summed E-state index contributed by atoms with van der Waals surface area (Å²) in [6, 6.07) is 3.44. The number of nitrogens with zero attached hydrogens (tertiary/aromatic N) is 1. The first kappa shape index (κ1) is 13.4. The molecular formula is C12H17NO4. The molecule has 5 heteroatoms. The van der Waals surface area contributed by atoms with Gasteiger partial charge in [0.15, 0.2) is 6.10 Å². The molecule has 0 aliphatic carbocycles. The number of hydrogen-bond acceptors (Lipinski definition) is 5. The smallest absolute Gasteiger partial charge is 0.335 e. The predicted octanol–water partition coefficient (Wildman–Crippen LogP) is 0.902. The Balaban J connectivity index is 2.99. The number of aliphatic hydroxyl groups excluding tert-OH is 1. The van der Waals surface area contributed by atoms with Gasteiger partial charge >= 0.3 is 5.97 Å². The van der Waals surface area contributed by atoms with Crippen LogP contribution in [0.25, 0.3) is 0 Å². The van der Waals surface area contributed by atoms with Gasteiger partial charge in [-0.1, -0.05) is 19.9 Å². The van der Waals surface area contributed by atoms with Gasteiger partial charge in [0.05, 0.1) is 14.2 Å². The van der Waals surface area contributed by atoms with Crippen LogP contribution < -0.4 is 4.74 Å². The summed E-state index contributed by atoms with van der Waals surface area (Å²) < 4.78 is 9.48. The number of aromatic nitrogens is 1. The van der Waals surface area contributed by atoms with Gasteiger partial charge < -0.3 is 14.6 Å². The highest BCUT2D eigenvalue weighted by Crippen LogP contribution is 2.28. The molecular weight excluding hydrogens is 222 g/mol. The predicted molar refractivity (Wildman–Crippen MR) is 61.8 cm³/mol. The van der Waals surface area contributed by atoms with E-state index in [1.807, 2.05) is 0 Å². The number of carbonyl (C=O) groups is 1. The van der Waals surface area contributed by atoms with Gasteiger partial charge in [-0.25, -0.2) is 9.78 Å². The molecule has 1 N–H and O–H groups in total. The Morgan fingerprint density at radius 2 is 2.06 bits per heavy atom. The third kappa shape index (κ3) is 2.74. The Morgan fingerprint density at radius 3 is 2.47 bits per heavy atom. The molecule has 94 valence electrons. The number of hydrogen-bond donors (Lipinski definition) is 1. The van der Waals surface area contributed by atoms with Crippen LogP contribution in [0.1, 0.15) is 19.4 Å². The van der Waals surface area contributed by atoms with Gasteiger partial charge in [-0.3, -0.25) is 0 Å². The lowest BCUT2D eigenvalue weighted by Gasteiger charge is -2.28.